The molecule has 1 spiro atoms. The van der Waals surface area contributed by atoms with Crippen LogP contribution >= 0.6 is 0 Å². The Kier molecular flexibility index (Phi) is 7.83. The van der Waals surface area contributed by atoms with Gasteiger partial charge in [-0.05, 0) is 88.2 Å². The molecule has 1 aromatic carbocycles. The number of rotatable bonds is 6. The molecule has 0 aliphatic carbocycles. The van der Waals surface area contributed by atoms with Gasteiger partial charge in [-0.3, -0.25) is 9.69 Å². The van der Waals surface area contributed by atoms with Crippen molar-refractivity contribution in [1.29, 1.82) is 0 Å². The van der Waals surface area contributed by atoms with Crippen molar-refractivity contribution in [1.82, 2.24) is 9.80 Å². The number of hydrogen-bond donors (Lipinski definition) is 0. The van der Waals surface area contributed by atoms with E-state index in [0.717, 1.165) is 70.6 Å². The highest BCUT2D eigenvalue weighted by Gasteiger charge is 2.41. The number of nitrogens with zero attached hydrogens (tertiary/aromatic N) is 2. The average Bonchev–Trinajstić information content (AvgIpc) is 3.04. The highest BCUT2D eigenvalue weighted by molar-refractivity contribution is 5.78. The van der Waals surface area contributed by atoms with Gasteiger partial charge in [-0.15, -0.1) is 0 Å². The summed E-state index contributed by atoms with van der Waals surface area (Å²) < 4.78 is 25.1. The predicted octanol–water partition coefficient (Wildman–Crippen LogP) is 4.26. The van der Waals surface area contributed by atoms with E-state index in [2.05, 4.69) is 9.80 Å². The zero-order valence-corrected chi connectivity index (χ0v) is 18.7. The average molecular weight is 433 g/mol. The largest absolute Gasteiger partial charge is 0.494 e. The predicted molar refractivity (Wildman–Crippen MR) is 119 cm³/mol. The minimum atomic E-state index is -0.241. The normalized spacial score (nSPS) is 24.7. The number of amides is 1. The van der Waals surface area contributed by atoms with Crippen LogP contribution in [0.15, 0.2) is 24.3 Å². The van der Waals surface area contributed by atoms with Crippen LogP contribution in [0.4, 0.5) is 4.39 Å². The van der Waals surface area contributed by atoms with Crippen LogP contribution < -0.4 is 4.74 Å². The summed E-state index contributed by atoms with van der Waals surface area (Å²) in [6, 6.07) is 6.22. The molecule has 3 aliphatic rings. The summed E-state index contributed by atoms with van der Waals surface area (Å²) in [7, 11) is 0. The number of piperidine rings is 1. The number of carbonyl (C=O) groups excluding carboxylic acids is 1. The molecule has 1 aromatic rings. The molecule has 0 bridgehead atoms. The molecule has 3 heterocycles. The molecule has 3 saturated heterocycles. The second-order valence-corrected chi connectivity index (χ2v) is 9.55. The molecule has 0 radical (unpaired) electrons. The fourth-order valence-electron chi connectivity index (χ4n) is 5.35. The summed E-state index contributed by atoms with van der Waals surface area (Å²) in [5, 5.41) is 0. The zero-order valence-electron chi connectivity index (χ0n) is 18.7. The molecule has 4 rings (SSSR count). The third-order valence-electron chi connectivity index (χ3n) is 7.29. The van der Waals surface area contributed by atoms with Crippen LogP contribution in [0.25, 0.3) is 0 Å². The molecule has 3 aliphatic heterocycles. The molecule has 3 fully saturated rings. The van der Waals surface area contributed by atoms with E-state index in [1.165, 1.54) is 37.8 Å². The van der Waals surface area contributed by atoms with Crippen LogP contribution in [-0.2, 0) is 9.53 Å². The lowest BCUT2D eigenvalue weighted by atomic mass is 9.78. The van der Waals surface area contributed by atoms with E-state index in [9.17, 15) is 9.18 Å². The van der Waals surface area contributed by atoms with Crippen LogP contribution in [0.2, 0.25) is 0 Å². The SMILES string of the molecule is O=C(CN1CCCCCC1)N1CCC2(CC1)CC(CCOc1ccc(F)cc1)CCO2. The summed E-state index contributed by atoms with van der Waals surface area (Å²) in [5.41, 5.74) is -0.0713. The first kappa shape index (κ1) is 22.5. The van der Waals surface area contributed by atoms with Crippen LogP contribution in [0.1, 0.15) is 57.8 Å². The van der Waals surface area contributed by atoms with Crippen molar-refractivity contribution in [2.45, 2.75) is 63.4 Å². The topological polar surface area (TPSA) is 42.0 Å². The second kappa shape index (κ2) is 10.8. The summed E-state index contributed by atoms with van der Waals surface area (Å²) in [4.78, 5) is 17.2. The van der Waals surface area contributed by atoms with Gasteiger partial charge in [-0.2, -0.15) is 0 Å². The first-order valence-electron chi connectivity index (χ1n) is 12.1. The Morgan fingerprint density at radius 1 is 1.06 bits per heavy atom. The molecular formula is C25H37FN2O3. The van der Waals surface area contributed by atoms with Gasteiger partial charge in [0.15, 0.2) is 0 Å². The van der Waals surface area contributed by atoms with Gasteiger partial charge in [-0.1, -0.05) is 12.8 Å². The number of ether oxygens (including phenoxy) is 2. The molecule has 0 aromatic heterocycles. The lowest BCUT2D eigenvalue weighted by Crippen LogP contribution is -2.52. The van der Waals surface area contributed by atoms with E-state index >= 15 is 0 Å². The van der Waals surface area contributed by atoms with Crippen molar-refractivity contribution in [3.8, 4) is 5.75 Å². The Labute approximate surface area is 185 Å². The summed E-state index contributed by atoms with van der Waals surface area (Å²) in [6.45, 7) is 5.77. The lowest BCUT2D eigenvalue weighted by molar-refractivity contribution is -0.148. The van der Waals surface area contributed by atoms with Crippen LogP contribution in [-0.4, -0.2) is 67.2 Å². The monoisotopic (exact) mass is 432 g/mol. The Hall–Kier alpha value is -1.66. The fraction of sp³-hybridized carbons (Fsp3) is 0.720. The summed E-state index contributed by atoms with van der Waals surface area (Å²) >= 11 is 0. The lowest BCUT2D eigenvalue weighted by Gasteiger charge is -2.46. The van der Waals surface area contributed by atoms with Crippen LogP contribution in [0.5, 0.6) is 5.75 Å². The van der Waals surface area contributed by atoms with Gasteiger partial charge in [0.2, 0.25) is 5.91 Å². The molecule has 5 nitrogen and oxygen atoms in total. The van der Waals surface area contributed by atoms with Gasteiger partial charge in [0.05, 0.1) is 18.8 Å². The Bertz CT molecular complexity index is 695. The van der Waals surface area contributed by atoms with Crippen molar-refractivity contribution in [3.05, 3.63) is 30.1 Å². The Morgan fingerprint density at radius 3 is 2.48 bits per heavy atom. The van der Waals surface area contributed by atoms with Crippen LogP contribution in [0.3, 0.4) is 0 Å². The number of hydrogen-bond acceptors (Lipinski definition) is 4. The van der Waals surface area contributed by atoms with Crippen molar-refractivity contribution < 1.29 is 18.7 Å². The van der Waals surface area contributed by atoms with E-state index in [4.69, 9.17) is 9.47 Å². The first-order valence-corrected chi connectivity index (χ1v) is 12.1. The Balaban J connectivity index is 1.20. The minimum absolute atomic E-state index is 0.0713. The quantitative estimate of drug-likeness (QED) is 0.674. The van der Waals surface area contributed by atoms with Gasteiger partial charge in [0.1, 0.15) is 11.6 Å². The van der Waals surface area contributed by atoms with Gasteiger partial charge < -0.3 is 14.4 Å². The highest BCUT2D eigenvalue weighted by atomic mass is 19.1. The fourth-order valence-corrected chi connectivity index (χ4v) is 5.35. The van der Waals surface area contributed by atoms with E-state index in [0.29, 0.717) is 19.1 Å². The number of likely N-dealkylation sites (tertiary alicyclic amines) is 2. The molecule has 1 unspecified atom stereocenters. The number of halogens is 1. The molecule has 6 heteroatoms. The minimum Gasteiger partial charge on any atom is -0.494 e. The van der Waals surface area contributed by atoms with Crippen molar-refractivity contribution >= 4 is 5.91 Å². The van der Waals surface area contributed by atoms with Gasteiger partial charge in [0.25, 0.3) is 0 Å². The third-order valence-corrected chi connectivity index (χ3v) is 7.29. The van der Waals surface area contributed by atoms with E-state index in [1.807, 2.05) is 0 Å². The first-order chi connectivity index (χ1) is 15.1. The number of benzene rings is 1. The number of carbonyl (C=O) groups is 1. The third kappa shape index (κ3) is 6.42. The van der Waals surface area contributed by atoms with Gasteiger partial charge in [-0.25, -0.2) is 4.39 Å². The maximum atomic E-state index is 13.0. The molecule has 0 saturated carbocycles. The summed E-state index contributed by atoms with van der Waals surface area (Å²) in [5.74, 6) is 1.35. The maximum absolute atomic E-state index is 13.0. The second-order valence-electron chi connectivity index (χ2n) is 9.55. The van der Waals surface area contributed by atoms with Crippen molar-refractivity contribution in [2.75, 3.05) is 45.9 Å². The van der Waals surface area contributed by atoms with E-state index in [1.54, 1.807) is 12.1 Å². The molecule has 31 heavy (non-hydrogen) atoms. The van der Waals surface area contributed by atoms with Crippen molar-refractivity contribution in [2.24, 2.45) is 5.92 Å². The summed E-state index contributed by atoms with van der Waals surface area (Å²) in [6.07, 6.45) is 10.0. The van der Waals surface area contributed by atoms with E-state index in [-0.39, 0.29) is 17.3 Å². The smallest absolute Gasteiger partial charge is 0.236 e. The maximum Gasteiger partial charge on any atom is 0.236 e. The highest BCUT2D eigenvalue weighted by Crippen LogP contribution is 2.38. The molecule has 0 N–H and O–H groups in total. The molecular weight excluding hydrogens is 395 g/mol. The van der Waals surface area contributed by atoms with Gasteiger partial charge >= 0.3 is 0 Å². The zero-order chi connectivity index (χ0) is 21.5. The van der Waals surface area contributed by atoms with Crippen molar-refractivity contribution in [3.63, 3.8) is 0 Å². The van der Waals surface area contributed by atoms with Crippen LogP contribution in [0, 0.1) is 11.7 Å². The molecule has 1 amide bonds. The standard InChI is InChI=1S/C25H37FN2O3/c26-22-5-7-23(8-6-22)30-17-9-21-10-18-31-25(19-21)11-15-28(16-12-25)24(29)20-27-13-3-1-2-4-14-27/h5-8,21H,1-4,9-20H2. The Morgan fingerprint density at radius 2 is 1.77 bits per heavy atom. The molecule has 172 valence electrons. The molecule has 1 atom stereocenters. The van der Waals surface area contributed by atoms with E-state index < -0.39 is 0 Å². The van der Waals surface area contributed by atoms with Gasteiger partial charge in [0, 0.05) is 19.7 Å².